The molecule has 0 spiro atoms. The highest BCUT2D eigenvalue weighted by Crippen LogP contribution is 2.50. The minimum atomic E-state index is -0.238. The van der Waals surface area contributed by atoms with E-state index in [-0.39, 0.29) is 16.9 Å². The lowest BCUT2D eigenvalue weighted by molar-refractivity contribution is 0.209. The van der Waals surface area contributed by atoms with Crippen molar-refractivity contribution in [3.8, 4) is 0 Å². The smallest absolute Gasteiger partial charge is 0.150 e. The Morgan fingerprint density at radius 1 is 1.35 bits per heavy atom. The minimum Gasteiger partial charge on any atom is -0.396 e. The van der Waals surface area contributed by atoms with Gasteiger partial charge in [0.2, 0.25) is 0 Å². The van der Waals surface area contributed by atoms with Crippen molar-refractivity contribution < 1.29 is 4.39 Å². The van der Waals surface area contributed by atoms with Crippen LogP contribution in [-0.4, -0.2) is 0 Å². The van der Waals surface area contributed by atoms with Crippen LogP contribution in [0.4, 0.5) is 10.1 Å². The molecule has 1 nitrogen and oxygen atoms in total. The number of hydrogen-bond donors (Lipinski definition) is 1. The molecule has 2 rings (SSSR count). The maximum Gasteiger partial charge on any atom is 0.150 e. The molecule has 1 unspecified atom stereocenters. The number of anilines is 1. The average molecular weight is 298 g/mol. The van der Waals surface area contributed by atoms with Gasteiger partial charge in [-0.15, -0.1) is 0 Å². The molecule has 0 saturated heterocycles. The summed E-state index contributed by atoms with van der Waals surface area (Å²) < 4.78 is 14.8. The van der Waals surface area contributed by atoms with Crippen LogP contribution in [0.25, 0.3) is 0 Å². The molecule has 0 heterocycles. The number of rotatable bonds is 3. The van der Waals surface area contributed by atoms with Crippen LogP contribution < -0.4 is 5.73 Å². The molecule has 112 valence electrons. The summed E-state index contributed by atoms with van der Waals surface area (Å²) in [4.78, 5) is 0. The van der Waals surface area contributed by atoms with Gasteiger partial charge >= 0.3 is 0 Å². The highest BCUT2D eigenvalue weighted by atomic mass is 35.5. The second-order valence-corrected chi connectivity index (χ2v) is 7.28. The van der Waals surface area contributed by atoms with Gasteiger partial charge in [-0.05, 0) is 49.1 Å². The van der Waals surface area contributed by atoms with Crippen LogP contribution in [0.1, 0.15) is 58.1 Å². The zero-order valence-corrected chi connectivity index (χ0v) is 13.6. The van der Waals surface area contributed by atoms with Crippen molar-refractivity contribution >= 4 is 17.3 Å². The molecule has 0 fully saturated rings. The summed E-state index contributed by atoms with van der Waals surface area (Å²) in [7, 11) is 0. The Morgan fingerprint density at radius 2 is 2.00 bits per heavy atom. The fourth-order valence-corrected chi connectivity index (χ4v) is 4.20. The third-order valence-electron chi connectivity index (χ3n) is 4.77. The molecule has 0 amide bonds. The molecule has 1 aromatic carbocycles. The molecule has 0 radical (unpaired) electrons. The maximum atomic E-state index is 14.8. The van der Waals surface area contributed by atoms with E-state index in [0.717, 1.165) is 36.8 Å². The predicted molar refractivity (Wildman–Crippen MR) is 84.7 cm³/mol. The van der Waals surface area contributed by atoms with Crippen molar-refractivity contribution in [3.63, 3.8) is 0 Å². The second kappa shape index (κ2) is 5.55. The SMILES string of the molecule is CC(C)CC1(C(C)C)CCCc2c(Cl)cc(N)c(F)c21. The van der Waals surface area contributed by atoms with Crippen molar-refractivity contribution in [2.45, 2.75) is 58.8 Å². The second-order valence-electron chi connectivity index (χ2n) is 6.88. The number of benzene rings is 1. The molecule has 1 aliphatic rings. The molecular weight excluding hydrogens is 273 g/mol. The third kappa shape index (κ3) is 2.43. The van der Waals surface area contributed by atoms with Crippen molar-refractivity contribution in [1.29, 1.82) is 0 Å². The van der Waals surface area contributed by atoms with Crippen LogP contribution in [0.2, 0.25) is 5.02 Å². The van der Waals surface area contributed by atoms with Crippen LogP contribution >= 0.6 is 11.6 Å². The van der Waals surface area contributed by atoms with Gasteiger partial charge in [0.15, 0.2) is 0 Å². The van der Waals surface area contributed by atoms with Gasteiger partial charge in [0, 0.05) is 16.0 Å². The summed E-state index contributed by atoms with van der Waals surface area (Å²) in [6.45, 7) is 8.77. The van der Waals surface area contributed by atoms with Gasteiger partial charge in [-0.3, -0.25) is 0 Å². The van der Waals surface area contributed by atoms with E-state index in [4.69, 9.17) is 17.3 Å². The molecule has 0 aliphatic heterocycles. The topological polar surface area (TPSA) is 26.0 Å². The van der Waals surface area contributed by atoms with E-state index in [9.17, 15) is 4.39 Å². The van der Waals surface area contributed by atoms with E-state index in [1.54, 1.807) is 6.07 Å². The molecule has 1 aliphatic carbocycles. The fourth-order valence-electron chi connectivity index (χ4n) is 3.90. The Bertz CT molecular complexity index is 510. The molecule has 3 heteroatoms. The summed E-state index contributed by atoms with van der Waals surface area (Å²) in [6, 6.07) is 1.57. The Kier molecular flexibility index (Phi) is 4.34. The highest BCUT2D eigenvalue weighted by Gasteiger charge is 2.43. The number of hydrogen-bond acceptors (Lipinski definition) is 1. The number of nitrogen functional groups attached to an aromatic ring is 1. The maximum absolute atomic E-state index is 14.8. The predicted octanol–water partition coefficient (Wildman–Crippen LogP) is 5.34. The first-order valence-corrected chi connectivity index (χ1v) is 7.94. The van der Waals surface area contributed by atoms with E-state index >= 15 is 0 Å². The highest BCUT2D eigenvalue weighted by molar-refractivity contribution is 6.31. The molecule has 0 bridgehead atoms. The molecule has 0 aromatic heterocycles. The van der Waals surface area contributed by atoms with Crippen molar-refractivity contribution in [1.82, 2.24) is 0 Å². The zero-order valence-electron chi connectivity index (χ0n) is 12.9. The number of halogens is 2. The molecule has 20 heavy (non-hydrogen) atoms. The fraction of sp³-hybridized carbons (Fsp3) is 0.647. The van der Waals surface area contributed by atoms with Crippen molar-refractivity contribution in [3.05, 3.63) is 28.0 Å². The summed E-state index contributed by atoms with van der Waals surface area (Å²) in [6.07, 6.45) is 3.93. The Hall–Kier alpha value is -0.760. The lowest BCUT2D eigenvalue weighted by atomic mass is 9.60. The summed E-state index contributed by atoms with van der Waals surface area (Å²) in [5, 5.41) is 0.632. The Morgan fingerprint density at radius 3 is 2.55 bits per heavy atom. The monoisotopic (exact) mass is 297 g/mol. The van der Waals surface area contributed by atoms with Gasteiger partial charge in [-0.2, -0.15) is 0 Å². The van der Waals surface area contributed by atoms with Gasteiger partial charge in [-0.25, -0.2) is 4.39 Å². The summed E-state index contributed by atoms with van der Waals surface area (Å²) in [5.74, 6) is 0.651. The van der Waals surface area contributed by atoms with Gasteiger partial charge in [0.1, 0.15) is 5.82 Å². The van der Waals surface area contributed by atoms with Gasteiger partial charge in [-0.1, -0.05) is 39.3 Å². The molecule has 1 aromatic rings. The first-order chi connectivity index (χ1) is 9.29. The largest absolute Gasteiger partial charge is 0.396 e. The van der Waals surface area contributed by atoms with Crippen LogP contribution in [0.3, 0.4) is 0 Å². The van der Waals surface area contributed by atoms with E-state index in [2.05, 4.69) is 27.7 Å². The van der Waals surface area contributed by atoms with E-state index in [0.29, 0.717) is 16.9 Å². The van der Waals surface area contributed by atoms with E-state index < -0.39 is 0 Å². The lowest BCUT2D eigenvalue weighted by Gasteiger charge is -2.44. The minimum absolute atomic E-state index is 0.134. The van der Waals surface area contributed by atoms with Crippen molar-refractivity contribution in [2.24, 2.45) is 11.8 Å². The summed E-state index contributed by atoms with van der Waals surface area (Å²) >= 11 is 6.34. The average Bonchev–Trinajstić information content (AvgIpc) is 2.35. The normalized spacial score (nSPS) is 22.4. The molecule has 0 saturated carbocycles. The molecule has 1 atom stereocenters. The molecular formula is C17H25ClFN. The zero-order chi connectivity index (χ0) is 15.1. The van der Waals surface area contributed by atoms with Gasteiger partial charge < -0.3 is 5.73 Å². The Labute approximate surface area is 126 Å². The standard InChI is InChI=1S/C17H25ClFN/c1-10(2)9-17(11(3)4)7-5-6-12-13(18)8-14(20)16(19)15(12)17/h8,10-11H,5-7,9,20H2,1-4H3. The van der Waals surface area contributed by atoms with E-state index in [1.807, 2.05) is 0 Å². The van der Waals surface area contributed by atoms with Crippen molar-refractivity contribution in [2.75, 3.05) is 5.73 Å². The third-order valence-corrected chi connectivity index (χ3v) is 5.11. The van der Waals surface area contributed by atoms with Crippen LogP contribution in [0, 0.1) is 17.7 Å². The van der Waals surface area contributed by atoms with Crippen LogP contribution in [0.15, 0.2) is 6.07 Å². The first kappa shape index (κ1) is 15.6. The summed E-state index contributed by atoms with van der Waals surface area (Å²) in [5.41, 5.74) is 7.68. The number of nitrogens with two attached hydrogens (primary N) is 1. The Balaban J connectivity index is 2.71. The van der Waals surface area contributed by atoms with Gasteiger partial charge in [0.25, 0.3) is 0 Å². The molecule has 2 N–H and O–H groups in total. The quantitative estimate of drug-likeness (QED) is 0.749. The first-order valence-electron chi connectivity index (χ1n) is 7.56. The van der Waals surface area contributed by atoms with E-state index in [1.165, 1.54) is 0 Å². The van der Waals surface area contributed by atoms with Crippen LogP contribution in [0.5, 0.6) is 0 Å². The van der Waals surface area contributed by atoms with Crippen LogP contribution in [-0.2, 0) is 11.8 Å². The lowest BCUT2D eigenvalue weighted by Crippen LogP contribution is -2.39. The number of fused-ring (bicyclic) bond motifs is 1. The van der Waals surface area contributed by atoms with Gasteiger partial charge in [0.05, 0.1) is 5.69 Å².